The number of ether oxygens (including phenoxy) is 1. The Hall–Kier alpha value is -2.87. The van der Waals surface area contributed by atoms with Crippen LogP contribution in [-0.4, -0.2) is 57.6 Å². The first-order valence-corrected chi connectivity index (χ1v) is 8.61. The molecule has 10 heteroatoms. The predicted molar refractivity (Wildman–Crippen MR) is 98.4 cm³/mol. The van der Waals surface area contributed by atoms with Gasteiger partial charge in [0.05, 0.1) is 30.8 Å². The monoisotopic (exact) mass is 370 g/mol. The first kappa shape index (κ1) is 18.9. The minimum absolute atomic E-state index is 0.0300. The molecule has 1 saturated heterocycles. The van der Waals surface area contributed by atoms with Gasteiger partial charge in [0.2, 0.25) is 0 Å². The summed E-state index contributed by atoms with van der Waals surface area (Å²) in [5.74, 6) is 0.872. The molecule has 142 valence electrons. The van der Waals surface area contributed by atoms with Crippen LogP contribution in [0.2, 0.25) is 0 Å². The third-order valence-electron chi connectivity index (χ3n) is 3.92. The molecule has 0 radical (unpaired) electrons. The second-order valence-electron chi connectivity index (χ2n) is 6.65. The van der Waals surface area contributed by atoms with Gasteiger partial charge in [-0.3, -0.25) is 0 Å². The van der Waals surface area contributed by atoms with Crippen molar-refractivity contribution in [3.05, 3.63) is 29.8 Å². The van der Waals surface area contributed by atoms with Crippen molar-refractivity contribution in [1.29, 1.82) is 5.26 Å². The number of aliphatic hydroxyl groups is 1. The Morgan fingerprint density at radius 2 is 2.19 bits per heavy atom. The molecule has 0 amide bonds. The van der Waals surface area contributed by atoms with Crippen LogP contribution in [0.5, 0.6) is 0 Å². The standard InChI is InChI=1S/C17H22N8O2/c1-17(2,26)16-13(21-9-12-8-19-3-4-27-12)5-14(24-25-16)23-15-10-20-11(6-18)7-22-15/h5,7,10,12,19,26H,3-4,8-9H2,1-2H3,(H2,21,22,23,24). The van der Waals surface area contributed by atoms with Crippen LogP contribution in [0, 0.1) is 11.3 Å². The summed E-state index contributed by atoms with van der Waals surface area (Å²) in [4.78, 5) is 8.06. The quantitative estimate of drug-likeness (QED) is 0.568. The van der Waals surface area contributed by atoms with E-state index < -0.39 is 5.60 Å². The van der Waals surface area contributed by atoms with Crippen LogP contribution in [0.3, 0.4) is 0 Å². The maximum atomic E-state index is 10.4. The summed E-state index contributed by atoms with van der Waals surface area (Å²) in [6.45, 7) is 6.15. The largest absolute Gasteiger partial charge is 0.384 e. The molecule has 4 N–H and O–H groups in total. The van der Waals surface area contributed by atoms with Gasteiger partial charge < -0.3 is 25.8 Å². The van der Waals surface area contributed by atoms with E-state index in [1.165, 1.54) is 12.4 Å². The van der Waals surface area contributed by atoms with Gasteiger partial charge in [-0.2, -0.15) is 5.26 Å². The highest BCUT2D eigenvalue weighted by Crippen LogP contribution is 2.27. The van der Waals surface area contributed by atoms with Crippen molar-refractivity contribution in [2.45, 2.75) is 25.6 Å². The lowest BCUT2D eigenvalue weighted by atomic mass is 10.0. The molecule has 1 atom stereocenters. The van der Waals surface area contributed by atoms with Gasteiger partial charge in [0, 0.05) is 25.7 Å². The molecule has 0 bridgehead atoms. The molecule has 0 aliphatic carbocycles. The molecule has 1 fully saturated rings. The molecule has 27 heavy (non-hydrogen) atoms. The summed E-state index contributed by atoms with van der Waals surface area (Å²) < 4.78 is 5.69. The molecule has 10 nitrogen and oxygen atoms in total. The molecule has 3 rings (SSSR count). The summed E-state index contributed by atoms with van der Waals surface area (Å²) in [6, 6.07) is 3.66. The zero-order valence-electron chi connectivity index (χ0n) is 15.2. The van der Waals surface area contributed by atoms with Gasteiger partial charge in [-0.15, -0.1) is 10.2 Å². The zero-order chi connectivity index (χ0) is 19.3. The van der Waals surface area contributed by atoms with Crippen LogP contribution >= 0.6 is 0 Å². The molecule has 1 unspecified atom stereocenters. The second-order valence-corrected chi connectivity index (χ2v) is 6.65. The van der Waals surface area contributed by atoms with E-state index in [0.29, 0.717) is 36.2 Å². The second kappa shape index (κ2) is 8.22. The molecule has 2 aromatic heterocycles. The molecular formula is C17H22N8O2. The highest BCUT2D eigenvalue weighted by atomic mass is 16.5. The topological polar surface area (TPSA) is 141 Å². The van der Waals surface area contributed by atoms with Crippen molar-refractivity contribution in [2.75, 3.05) is 36.9 Å². The van der Waals surface area contributed by atoms with Crippen LogP contribution in [-0.2, 0) is 10.3 Å². The van der Waals surface area contributed by atoms with Crippen LogP contribution in [0.25, 0.3) is 0 Å². The lowest BCUT2D eigenvalue weighted by molar-refractivity contribution is 0.0370. The molecule has 2 aromatic rings. The average molecular weight is 370 g/mol. The highest BCUT2D eigenvalue weighted by Gasteiger charge is 2.24. The van der Waals surface area contributed by atoms with Gasteiger partial charge in [-0.05, 0) is 13.8 Å². The maximum Gasteiger partial charge on any atom is 0.158 e. The fourth-order valence-corrected chi connectivity index (χ4v) is 2.60. The molecule has 1 aliphatic rings. The van der Waals surface area contributed by atoms with Crippen LogP contribution < -0.4 is 16.0 Å². The minimum Gasteiger partial charge on any atom is -0.384 e. The number of nitrogens with one attached hydrogen (secondary N) is 3. The third-order valence-corrected chi connectivity index (χ3v) is 3.92. The first-order valence-electron chi connectivity index (χ1n) is 8.61. The van der Waals surface area contributed by atoms with E-state index >= 15 is 0 Å². The summed E-state index contributed by atoms with van der Waals surface area (Å²) in [5, 5.41) is 37.0. The van der Waals surface area contributed by atoms with Gasteiger partial charge in [0.15, 0.2) is 11.5 Å². The Kier molecular flexibility index (Phi) is 5.75. The smallest absolute Gasteiger partial charge is 0.158 e. The molecule has 0 spiro atoms. The third kappa shape index (κ3) is 5.07. The highest BCUT2D eigenvalue weighted by molar-refractivity contribution is 5.60. The van der Waals surface area contributed by atoms with Gasteiger partial charge >= 0.3 is 0 Å². The maximum absolute atomic E-state index is 10.4. The van der Waals surface area contributed by atoms with Crippen molar-refractivity contribution in [1.82, 2.24) is 25.5 Å². The summed E-state index contributed by atoms with van der Waals surface area (Å²) in [7, 11) is 0. The van der Waals surface area contributed by atoms with E-state index in [4.69, 9.17) is 10.00 Å². The van der Waals surface area contributed by atoms with Crippen molar-refractivity contribution in [3.8, 4) is 6.07 Å². The van der Waals surface area contributed by atoms with Crippen LogP contribution in [0.4, 0.5) is 17.3 Å². The lowest BCUT2D eigenvalue weighted by Crippen LogP contribution is -2.42. The van der Waals surface area contributed by atoms with E-state index in [9.17, 15) is 5.11 Å². The van der Waals surface area contributed by atoms with Gasteiger partial charge in [-0.25, -0.2) is 9.97 Å². The number of nitrogens with zero attached hydrogens (tertiary/aromatic N) is 5. The Morgan fingerprint density at radius 3 is 2.81 bits per heavy atom. The van der Waals surface area contributed by atoms with E-state index in [-0.39, 0.29) is 11.8 Å². The molecular weight excluding hydrogens is 348 g/mol. The minimum atomic E-state index is -1.16. The average Bonchev–Trinajstić information content (AvgIpc) is 2.67. The number of anilines is 3. The van der Waals surface area contributed by atoms with Crippen molar-refractivity contribution in [2.24, 2.45) is 0 Å². The molecule has 3 heterocycles. The molecule has 0 aromatic carbocycles. The normalized spacial score (nSPS) is 17.2. The predicted octanol–water partition coefficient (Wildman–Crippen LogP) is 0.510. The Bertz CT molecular complexity index is 807. The van der Waals surface area contributed by atoms with Crippen molar-refractivity contribution >= 4 is 17.3 Å². The Balaban J connectivity index is 1.77. The van der Waals surface area contributed by atoms with E-state index in [1.807, 2.05) is 6.07 Å². The Morgan fingerprint density at radius 1 is 1.33 bits per heavy atom. The molecule has 1 aliphatic heterocycles. The zero-order valence-corrected chi connectivity index (χ0v) is 15.2. The number of morpholine rings is 1. The number of nitriles is 1. The van der Waals surface area contributed by atoms with Gasteiger partial charge in [-0.1, -0.05) is 0 Å². The van der Waals surface area contributed by atoms with Gasteiger partial charge in [0.25, 0.3) is 0 Å². The first-order chi connectivity index (χ1) is 13.0. The molecule has 0 saturated carbocycles. The number of aromatic nitrogens is 4. The summed E-state index contributed by atoms with van der Waals surface area (Å²) in [5.41, 5.74) is 0.152. The van der Waals surface area contributed by atoms with Crippen molar-refractivity contribution < 1.29 is 9.84 Å². The fraction of sp³-hybridized carbons (Fsp3) is 0.471. The number of hydrogen-bond donors (Lipinski definition) is 4. The fourth-order valence-electron chi connectivity index (χ4n) is 2.60. The Labute approximate surface area is 157 Å². The SMILES string of the molecule is CC(C)(O)c1nnc(Nc2cnc(C#N)cn2)cc1NCC1CNCCO1. The lowest BCUT2D eigenvalue weighted by Gasteiger charge is -2.26. The van der Waals surface area contributed by atoms with E-state index in [2.05, 4.69) is 36.1 Å². The van der Waals surface area contributed by atoms with Crippen molar-refractivity contribution in [3.63, 3.8) is 0 Å². The van der Waals surface area contributed by atoms with Gasteiger partial charge in [0.1, 0.15) is 23.2 Å². The number of hydrogen-bond acceptors (Lipinski definition) is 10. The number of rotatable bonds is 6. The summed E-state index contributed by atoms with van der Waals surface area (Å²) in [6.07, 6.45) is 2.84. The van der Waals surface area contributed by atoms with E-state index in [1.54, 1.807) is 19.9 Å². The van der Waals surface area contributed by atoms with Crippen LogP contribution in [0.1, 0.15) is 25.2 Å². The van der Waals surface area contributed by atoms with Crippen LogP contribution in [0.15, 0.2) is 18.5 Å². The summed E-state index contributed by atoms with van der Waals surface area (Å²) >= 11 is 0. The van der Waals surface area contributed by atoms with E-state index in [0.717, 1.165) is 13.1 Å².